The van der Waals surface area contributed by atoms with Crippen molar-refractivity contribution in [1.82, 2.24) is 4.98 Å². The Bertz CT molecular complexity index is 371. The topological polar surface area (TPSA) is 17.2 Å². The first-order valence-corrected chi connectivity index (χ1v) is 4.64. The molecule has 0 N–H and O–H groups in total. The summed E-state index contributed by atoms with van der Waals surface area (Å²) in [4.78, 5) is 7.43. The minimum atomic E-state index is -0.351. The first-order chi connectivity index (χ1) is 6.16. The minimum absolute atomic E-state index is 0.351. The van der Waals surface area contributed by atoms with E-state index in [-0.39, 0.29) is 5.54 Å². The summed E-state index contributed by atoms with van der Waals surface area (Å²) in [6, 6.07) is 3.44. The van der Waals surface area contributed by atoms with E-state index in [4.69, 9.17) is 29.8 Å². The van der Waals surface area contributed by atoms with E-state index >= 15 is 0 Å². The van der Waals surface area contributed by atoms with Crippen LogP contribution in [0.15, 0.2) is 12.1 Å². The quantitative estimate of drug-likeness (QED) is 0.516. The highest BCUT2D eigenvalue weighted by atomic mass is 35.5. The van der Waals surface area contributed by atoms with Crippen molar-refractivity contribution in [2.75, 3.05) is 0 Å². The Morgan fingerprint density at radius 1 is 1.31 bits per heavy atom. The largest absolute Gasteiger partial charge is 0.305 e. The maximum atomic E-state index is 7.06. The van der Waals surface area contributed by atoms with E-state index < -0.39 is 0 Å². The molecule has 0 radical (unpaired) electrons. The molecule has 1 fully saturated rings. The molecule has 0 spiro atoms. The van der Waals surface area contributed by atoms with E-state index in [0.29, 0.717) is 10.3 Å². The first kappa shape index (κ1) is 8.80. The van der Waals surface area contributed by atoms with Crippen LogP contribution in [0.3, 0.4) is 0 Å². The maximum Gasteiger partial charge on any atom is 0.258 e. The van der Waals surface area contributed by atoms with E-state index in [2.05, 4.69) is 9.83 Å². The summed E-state index contributed by atoms with van der Waals surface area (Å²) < 4.78 is 0. The fourth-order valence-corrected chi connectivity index (χ4v) is 1.78. The van der Waals surface area contributed by atoms with Crippen LogP contribution in [0.2, 0.25) is 10.3 Å². The molecule has 2 nitrogen and oxygen atoms in total. The van der Waals surface area contributed by atoms with Gasteiger partial charge in [-0.15, -0.1) is 0 Å². The van der Waals surface area contributed by atoms with Crippen molar-refractivity contribution in [3.8, 4) is 0 Å². The van der Waals surface area contributed by atoms with Gasteiger partial charge >= 0.3 is 0 Å². The minimum Gasteiger partial charge on any atom is -0.305 e. The molecule has 1 heterocycles. The Hall–Kier alpha value is -0.780. The van der Waals surface area contributed by atoms with Crippen LogP contribution in [0.1, 0.15) is 18.4 Å². The van der Waals surface area contributed by atoms with Crippen LogP contribution in [0.25, 0.3) is 4.85 Å². The number of pyridine rings is 1. The number of hydrogen-bond donors (Lipinski definition) is 0. The second kappa shape index (κ2) is 2.87. The molecule has 0 aliphatic heterocycles. The first-order valence-electron chi connectivity index (χ1n) is 3.88. The zero-order valence-corrected chi connectivity index (χ0v) is 8.23. The van der Waals surface area contributed by atoms with Gasteiger partial charge in [0, 0.05) is 18.4 Å². The zero-order chi connectivity index (χ0) is 9.47. The van der Waals surface area contributed by atoms with Gasteiger partial charge in [-0.25, -0.2) is 11.6 Å². The van der Waals surface area contributed by atoms with Crippen LogP contribution >= 0.6 is 23.2 Å². The number of halogens is 2. The molecule has 0 bridgehead atoms. The third-order valence-electron chi connectivity index (χ3n) is 2.24. The Morgan fingerprint density at radius 2 is 1.85 bits per heavy atom. The molecular formula is C9H6Cl2N2. The molecule has 0 aromatic carbocycles. The summed E-state index contributed by atoms with van der Waals surface area (Å²) in [6.45, 7) is 7.06. The molecule has 2 rings (SSSR count). The van der Waals surface area contributed by atoms with Crippen molar-refractivity contribution < 1.29 is 0 Å². The van der Waals surface area contributed by atoms with Crippen LogP contribution in [-0.2, 0) is 5.54 Å². The standard InChI is InChI=1S/C9H6Cl2N2/c1-12-9(2-3-9)6-4-7(10)13-8(11)5-6/h4-5H,2-3H2. The highest BCUT2D eigenvalue weighted by Crippen LogP contribution is 2.50. The zero-order valence-electron chi connectivity index (χ0n) is 6.72. The Labute approximate surface area is 86.3 Å². The van der Waals surface area contributed by atoms with Gasteiger partial charge in [0.05, 0.1) is 0 Å². The predicted octanol–water partition coefficient (Wildman–Crippen LogP) is 3.30. The number of nitrogens with zero attached hydrogens (tertiary/aromatic N) is 2. The van der Waals surface area contributed by atoms with Crippen molar-refractivity contribution in [2.45, 2.75) is 18.4 Å². The average Bonchev–Trinajstić information content (AvgIpc) is 2.82. The fraction of sp³-hybridized carbons (Fsp3) is 0.333. The lowest BCUT2D eigenvalue weighted by Crippen LogP contribution is -2.00. The van der Waals surface area contributed by atoms with Gasteiger partial charge in [-0.3, -0.25) is 0 Å². The lowest BCUT2D eigenvalue weighted by molar-refractivity contribution is 0.880. The van der Waals surface area contributed by atoms with Crippen LogP contribution in [0.4, 0.5) is 0 Å². The van der Waals surface area contributed by atoms with E-state index in [1.165, 1.54) is 0 Å². The molecule has 0 amide bonds. The Balaban J connectivity index is 2.48. The van der Waals surface area contributed by atoms with Crippen molar-refractivity contribution in [3.63, 3.8) is 0 Å². The maximum absolute atomic E-state index is 7.06. The van der Waals surface area contributed by atoms with Gasteiger partial charge in [0.15, 0.2) is 0 Å². The summed E-state index contributed by atoms with van der Waals surface area (Å²) in [5.41, 5.74) is 0.545. The normalized spacial score (nSPS) is 17.9. The molecule has 1 aliphatic carbocycles. The molecule has 0 unspecified atom stereocenters. The number of aromatic nitrogens is 1. The molecule has 13 heavy (non-hydrogen) atoms. The molecule has 4 heteroatoms. The van der Waals surface area contributed by atoms with E-state index in [1.807, 2.05) is 0 Å². The molecule has 1 aliphatic rings. The smallest absolute Gasteiger partial charge is 0.258 e. The van der Waals surface area contributed by atoms with E-state index in [0.717, 1.165) is 18.4 Å². The van der Waals surface area contributed by atoms with Crippen molar-refractivity contribution in [2.24, 2.45) is 0 Å². The van der Waals surface area contributed by atoms with Crippen LogP contribution in [0.5, 0.6) is 0 Å². The molecular weight excluding hydrogens is 207 g/mol. The fourth-order valence-electron chi connectivity index (χ4n) is 1.32. The molecule has 1 aromatic rings. The van der Waals surface area contributed by atoms with Crippen molar-refractivity contribution in [1.29, 1.82) is 0 Å². The summed E-state index contributed by atoms with van der Waals surface area (Å²) in [6.07, 6.45) is 1.79. The second-order valence-corrected chi connectivity index (χ2v) is 3.92. The Kier molecular flexibility index (Phi) is 1.94. The third kappa shape index (κ3) is 1.50. The average molecular weight is 213 g/mol. The van der Waals surface area contributed by atoms with Gasteiger partial charge in [0.25, 0.3) is 5.54 Å². The molecule has 1 aromatic heterocycles. The highest BCUT2D eigenvalue weighted by Gasteiger charge is 2.52. The molecule has 0 saturated heterocycles. The van der Waals surface area contributed by atoms with Gasteiger partial charge < -0.3 is 4.85 Å². The van der Waals surface area contributed by atoms with Gasteiger partial charge in [-0.1, -0.05) is 23.2 Å². The summed E-state index contributed by atoms with van der Waals surface area (Å²) in [7, 11) is 0. The second-order valence-electron chi connectivity index (χ2n) is 3.14. The summed E-state index contributed by atoms with van der Waals surface area (Å²) in [5.74, 6) is 0. The SMILES string of the molecule is [C-]#[N+]C1(c2cc(Cl)nc(Cl)c2)CC1. The van der Waals surface area contributed by atoms with Gasteiger partial charge in [-0.2, -0.15) is 0 Å². The third-order valence-corrected chi connectivity index (χ3v) is 2.63. The number of hydrogen-bond acceptors (Lipinski definition) is 1. The lowest BCUT2D eigenvalue weighted by atomic mass is 10.1. The van der Waals surface area contributed by atoms with Crippen molar-refractivity contribution >= 4 is 23.2 Å². The lowest BCUT2D eigenvalue weighted by Gasteiger charge is -2.02. The highest BCUT2D eigenvalue weighted by molar-refractivity contribution is 6.32. The van der Waals surface area contributed by atoms with E-state index in [9.17, 15) is 0 Å². The molecule has 1 saturated carbocycles. The summed E-state index contributed by atoms with van der Waals surface area (Å²) in [5, 5.41) is 0.717. The molecule has 66 valence electrons. The Morgan fingerprint density at radius 3 is 2.23 bits per heavy atom. The van der Waals surface area contributed by atoms with Crippen LogP contribution < -0.4 is 0 Å². The van der Waals surface area contributed by atoms with Crippen molar-refractivity contribution in [3.05, 3.63) is 39.4 Å². The van der Waals surface area contributed by atoms with Crippen LogP contribution in [-0.4, -0.2) is 4.98 Å². The van der Waals surface area contributed by atoms with Gasteiger partial charge in [0.1, 0.15) is 10.3 Å². The monoisotopic (exact) mass is 212 g/mol. The van der Waals surface area contributed by atoms with Crippen LogP contribution in [0, 0.1) is 6.57 Å². The predicted molar refractivity (Wildman–Crippen MR) is 51.8 cm³/mol. The van der Waals surface area contributed by atoms with Gasteiger partial charge in [0.2, 0.25) is 0 Å². The van der Waals surface area contributed by atoms with E-state index in [1.54, 1.807) is 12.1 Å². The van der Waals surface area contributed by atoms with Gasteiger partial charge in [-0.05, 0) is 12.1 Å². The number of rotatable bonds is 1. The summed E-state index contributed by atoms with van der Waals surface area (Å²) >= 11 is 11.5. The molecule has 0 atom stereocenters.